The van der Waals surface area contributed by atoms with Gasteiger partial charge in [-0.3, -0.25) is 9.52 Å². The van der Waals surface area contributed by atoms with Crippen molar-refractivity contribution >= 4 is 49.8 Å². The summed E-state index contributed by atoms with van der Waals surface area (Å²) in [6.07, 6.45) is 0. The van der Waals surface area contributed by atoms with Crippen molar-refractivity contribution in [1.29, 1.82) is 0 Å². The van der Waals surface area contributed by atoms with Crippen molar-refractivity contribution in [3.05, 3.63) is 53.7 Å². The minimum absolute atomic E-state index is 0.0550. The number of halogens is 1. The van der Waals surface area contributed by atoms with Crippen LogP contribution < -0.4 is 10.0 Å². The van der Waals surface area contributed by atoms with Crippen molar-refractivity contribution < 1.29 is 13.2 Å². The molecule has 0 radical (unpaired) electrons. The molecule has 1 amide bonds. The molecular weight excluding hydrogens is 364 g/mol. The number of hydrogen-bond donors (Lipinski definition) is 2. The smallest absolute Gasteiger partial charge is 0.263 e. The van der Waals surface area contributed by atoms with Gasteiger partial charge >= 0.3 is 0 Å². The van der Waals surface area contributed by atoms with Crippen molar-refractivity contribution in [2.45, 2.75) is 11.8 Å². The molecule has 0 spiro atoms. The zero-order valence-electron chi connectivity index (χ0n) is 13.0. The highest BCUT2D eigenvalue weighted by molar-refractivity contribution is 7.93. The van der Waals surface area contributed by atoms with Crippen LogP contribution in [0.4, 0.5) is 11.5 Å². The molecule has 0 aliphatic heterocycles. The monoisotopic (exact) mass is 376 g/mol. The lowest BCUT2D eigenvalue weighted by Crippen LogP contribution is -2.15. The molecule has 0 aliphatic carbocycles. The van der Waals surface area contributed by atoms with Crippen LogP contribution in [0, 0.1) is 0 Å². The number of benzene rings is 2. The summed E-state index contributed by atoms with van der Waals surface area (Å²) in [5, 5.41) is 11.2. The summed E-state index contributed by atoms with van der Waals surface area (Å²) in [5.41, 5.74) is 0.535. The lowest BCUT2D eigenvalue weighted by molar-refractivity contribution is -0.114. The van der Waals surface area contributed by atoms with E-state index >= 15 is 0 Å². The molecule has 2 aromatic carbocycles. The van der Waals surface area contributed by atoms with Crippen LogP contribution in [0.15, 0.2) is 53.4 Å². The first-order chi connectivity index (χ1) is 11.9. The molecule has 3 aromatic rings. The standard InChI is InChI=1S/C16H13ClN4O3S/c1-10(22)18-13-6-2-5-12-11(13)4-3-7-14(12)25(23,24)21-16-9-8-15(17)19-20-16/h2-9H,1H3,(H,18,22)(H,20,21). The van der Waals surface area contributed by atoms with Crippen molar-refractivity contribution in [2.24, 2.45) is 0 Å². The van der Waals surface area contributed by atoms with E-state index in [2.05, 4.69) is 20.2 Å². The normalized spacial score (nSPS) is 11.3. The molecule has 128 valence electrons. The van der Waals surface area contributed by atoms with Crippen LogP contribution >= 0.6 is 11.6 Å². The van der Waals surface area contributed by atoms with Crippen LogP contribution in [-0.2, 0) is 14.8 Å². The van der Waals surface area contributed by atoms with E-state index in [1.807, 2.05) is 0 Å². The van der Waals surface area contributed by atoms with Gasteiger partial charge in [-0.25, -0.2) is 8.42 Å². The van der Waals surface area contributed by atoms with Gasteiger partial charge in [0.25, 0.3) is 10.0 Å². The molecule has 0 fully saturated rings. The van der Waals surface area contributed by atoms with E-state index in [0.29, 0.717) is 16.5 Å². The first-order valence-electron chi connectivity index (χ1n) is 7.18. The van der Waals surface area contributed by atoms with Gasteiger partial charge in [0.2, 0.25) is 5.91 Å². The van der Waals surface area contributed by atoms with Gasteiger partial charge in [-0.15, -0.1) is 10.2 Å². The molecule has 7 nitrogen and oxygen atoms in total. The Balaban J connectivity index is 2.08. The van der Waals surface area contributed by atoms with E-state index in [9.17, 15) is 13.2 Å². The Bertz CT molecular complexity index is 1050. The molecule has 0 unspecified atom stereocenters. The maximum atomic E-state index is 12.7. The van der Waals surface area contributed by atoms with E-state index in [1.165, 1.54) is 25.1 Å². The van der Waals surface area contributed by atoms with Crippen molar-refractivity contribution in [3.8, 4) is 0 Å². The average Bonchev–Trinajstić information content (AvgIpc) is 2.56. The number of carbonyl (C=O) groups excluding carboxylic acids is 1. The van der Waals surface area contributed by atoms with Crippen LogP contribution in [0.25, 0.3) is 10.8 Å². The third-order valence-corrected chi connectivity index (χ3v) is 4.97. The highest BCUT2D eigenvalue weighted by Gasteiger charge is 2.19. The van der Waals surface area contributed by atoms with Crippen molar-refractivity contribution in [2.75, 3.05) is 10.0 Å². The molecule has 0 bridgehead atoms. The summed E-state index contributed by atoms with van der Waals surface area (Å²) in [4.78, 5) is 11.4. The maximum absolute atomic E-state index is 12.7. The number of carbonyl (C=O) groups is 1. The fourth-order valence-corrected chi connectivity index (χ4v) is 3.70. The van der Waals surface area contributed by atoms with Gasteiger partial charge in [-0.2, -0.15) is 0 Å². The van der Waals surface area contributed by atoms with Crippen LogP contribution in [0.1, 0.15) is 6.92 Å². The largest absolute Gasteiger partial charge is 0.326 e. The van der Waals surface area contributed by atoms with Gasteiger partial charge in [-0.1, -0.05) is 35.9 Å². The maximum Gasteiger partial charge on any atom is 0.263 e. The summed E-state index contributed by atoms with van der Waals surface area (Å²) in [5.74, 6) is -0.185. The first kappa shape index (κ1) is 17.1. The molecule has 1 aromatic heterocycles. The quantitative estimate of drug-likeness (QED) is 0.728. The zero-order valence-corrected chi connectivity index (χ0v) is 14.6. The topological polar surface area (TPSA) is 101 Å². The molecular formula is C16H13ClN4O3S. The van der Waals surface area contributed by atoms with Crippen LogP contribution in [-0.4, -0.2) is 24.5 Å². The fraction of sp³-hybridized carbons (Fsp3) is 0.0625. The number of fused-ring (bicyclic) bond motifs is 1. The van der Waals surface area contributed by atoms with E-state index in [0.717, 1.165) is 0 Å². The van der Waals surface area contributed by atoms with Crippen LogP contribution in [0.3, 0.4) is 0 Å². The number of nitrogens with one attached hydrogen (secondary N) is 2. The Morgan fingerprint density at radius 1 is 1.00 bits per heavy atom. The van der Waals surface area contributed by atoms with Gasteiger partial charge in [-0.05, 0) is 24.3 Å². The Hall–Kier alpha value is -2.71. The predicted molar refractivity (Wildman–Crippen MR) is 96.1 cm³/mol. The summed E-state index contributed by atoms with van der Waals surface area (Å²) >= 11 is 5.65. The molecule has 2 N–H and O–H groups in total. The van der Waals surface area contributed by atoms with E-state index in [4.69, 9.17) is 11.6 Å². The number of hydrogen-bond acceptors (Lipinski definition) is 5. The van der Waals surface area contributed by atoms with Gasteiger partial charge < -0.3 is 5.32 Å². The molecule has 0 atom stereocenters. The molecule has 25 heavy (non-hydrogen) atoms. The highest BCUT2D eigenvalue weighted by atomic mass is 35.5. The molecule has 3 rings (SSSR count). The van der Waals surface area contributed by atoms with E-state index in [-0.39, 0.29) is 21.8 Å². The molecule has 0 aliphatic rings. The molecule has 1 heterocycles. The fourth-order valence-electron chi connectivity index (χ4n) is 2.38. The Morgan fingerprint density at radius 2 is 1.72 bits per heavy atom. The third kappa shape index (κ3) is 3.70. The van der Waals surface area contributed by atoms with Crippen molar-refractivity contribution in [1.82, 2.24) is 10.2 Å². The Labute approximate surface area is 149 Å². The Morgan fingerprint density at radius 3 is 2.40 bits per heavy atom. The molecule has 0 saturated carbocycles. The predicted octanol–water partition coefficient (Wildman–Crippen LogP) is 3.04. The lowest BCUT2D eigenvalue weighted by atomic mass is 10.1. The van der Waals surface area contributed by atoms with Crippen LogP contribution in [0.2, 0.25) is 5.15 Å². The van der Waals surface area contributed by atoms with Gasteiger partial charge in [0.1, 0.15) is 0 Å². The van der Waals surface area contributed by atoms with Gasteiger partial charge in [0, 0.05) is 23.4 Å². The number of sulfonamides is 1. The number of amides is 1. The minimum Gasteiger partial charge on any atom is -0.326 e. The third-order valence-electron chi connectivity index (χ3n) is 3.35. The average molecular weight is 377 g/mol. The van der Waals surface area contributed by atoms with Gasteiger partial charge in [0.05, 0.1) is 4.90 Å². The number of anilines is 2. The number of rotatable bonds is 4. The summed E-state index contributed by atoms with van der Waals surface area (Å²) in [6, 6.07) is 12.7. The first-order valence-corrected chi connectivity index (χ1v) is 9.04. The highest BCUT2D eigenvalue weighted by Crippen LogP contribution is 2.29. The Kier molecular flexibility index (Phi) is 4.56. The summed E-state index contributed by atoms with van der Waals surface area (Å²) in [7, 11) is -3.91. The second-order valence-corrected chi connectivity index (χ2v) is 7.22. The summed E-state index contributed by atoms with van der Waals surface area (Å²) in [6.45, 7) is 1.39. The van der Waals surface area contributed by atoms with E-state index < -0.39 is 10.0 Å². The van der Waals surface area contributed by atoms with Crippen molar-refractivity contribution in [3.63, 3.8) is 0 Å². The zero-order chi connectivity index (χ0) is 18.0. The van der Waals surface area contributed by atoms with E-state index in [1.54, 1.807) is 30.3 Å². The molecule has 0 saturated heterocycles. The summed E-state index contributed by atoms with van der Waals surface area (Å²) < 4.78 is 27.8. The second kappa shape index (κ2) is 6.66. The SMILES string of the molecule is CC(=O)Nc1cccc2c(S(=O)(=O)Nc3ccc(Cl)nn3)cccc12. The second-order valence-electron chi connectivity index (χ2n) is 5.18. The number of aromatic nitrogens is 2. The molecule has 9 heteroatoms. The minimum atomic E-state index is -3.91. The van der Waals surface area contributed by atoms with Crippen LogP contribution in [0.5, 0.6) is 0 Å². The van der Waals surface area contributed by atoms with Gasteiger partial charge in [0.15, 0.2) is 11.0 Å². The number of nitrogens with zero attached hydrogens (tertiary/aromatic N) is 2. The lowest BCUT2D eigenvalue weighted by Gasteiger charge is -2.12.